The molecule has 3 aromatic heterocycles. The summed E-state index contributed by atoms with van der Waals surface area (Å²) < 4.78 is 4.91. The molecule has 3 heterocycles. The second-order valence-corrected chi connectivity index (χ2v) is 4.41. The summed E-state index contributed by atoms with van der Waals surface area (Å²) in [6.45, 7) is 0. The van der Waals surface area contributed by atoms with Crippen molar-refractivity contribution in [2.75, 3.05) is 5.73 Å². The van der Waals surface area contributed by atoms with Gasteiger partial charge in [-0.1, -0.05) is 11.2 Å². The summed E-state index contributed by atoms with van der Waals surface area (Å²) in [4.78, 5) is 7.45. The van der Waals surface area contributed by atoms with Crippen LogP contribution in [-0.2, 0) is 0 Å². The van der Waals surface area contributed by atoms with Gasteiger partial charge in [0.15, 0.2) is 0 Å². The first kappa shape index (κ1) is 10.1. The van der Waals surface area contributed by atoms with Gasteiger partial charge >= 0.3 is 0 Å². The molecule has 0 saturated heterocycles. The Morgan fingerprint density at radius 1 is 1.05 bits per heavy atom. The van der Waals surface area contributed by atoms with E-state index < -0.39 is 0 Å². The molecule has 0 atom stereocenters. The van der Waals surface area contributed by atoms with Gasteiger partial charge in [-0.15, -0.1) is 0 Å². The summed E-state index contributed by atoms with van der Waals surface area (Å²) in [5.74, 6) is 0.334. The maximum Gasteiger partial charge on any atom is 0.229 e. The van der Waals surface area contributed by atoms with Gasteiger partial charge in [0.05, 0.1) is 23.5 Å². The fraction of sp³-hybridized carbons (Fsp3) is 0. The second-order valence-electron chi connectivity index (χ2n) is 4.41. The van der Waals surface area contributed by atoms with Crippen molar-refractivity contribution in [3.8, 4) is 11.1 Å². The third-order valence-corrected chi connectivity index (χ3v) is 3.31. The van der Waals surface area contributed by atoms with E-state index in [4.69, 9.17) is 10.3 Å². The molecular formula is C14H10N4O. The quantitative estimate of drug-likeness (QED) is 0.544. The fourth-order valence-corrected chi connectivity index (χ4v) is 2.38. The number of nitrogens with two attached hydrogens (primary N) is 1. The third-order valence-electron chi connectivity index (χ3n) is 3.31. The Bertz CT molecular complexity index is 891. The lowest BCUT2D eigenvalue weighted by Crippen LogP contribution is -1.84. The monoisotopic (exact) mass is 250 g/mol. The predicted octanol–water partition coefficient (Wildman–Crippen LogP) is 2.95. The summed E-state index contributed by atoms with van der Waals surface area (Å²) in [5, 5.41) is 5.99. The zero-order chi connectivity index (χ0) is 12.8. The van der Waals surface area contributed by atoms with Crippen LogP contribution in [0.15, 0.2) is 47.4 Å². The Morgan fingerprint density at radius 2 is 2.00 bits per heavy atom. The lowest BCUT2D eigenvalue weighted by atomic mass is 10.1. The number of hydrogen-bond acceptors (Lipinski definition) is 4. The number of aromatic amines is 1. The minimum atomic E-state index is 0.334. The number of nitrogens with one attached hydrogen (secondary N) is 1. The minimum Gasteiger partial charge on any atom is -0.367 e. The maximum atomic E-state index is 5.76. The van der Waals surface area contributed by atoms with Gasteiger partial charge in [0.1, 0.15) is 0 Å². The number of nitrogens with zero attached hydrogens (tertiary/aromatic N) is 2. The number of H-pyrrole nitrogens is 1. The van der Waals surface area contributed by atoms with Gasteiger partial charge < -0.3 is 15.2 Å². The average molecular weight is 250 g/mol. The molecule has 0 radical (unpaired) electrons. The summed E-state index contributed by atoms with van der Waals surface area (Å²) in [7, 11) is 0. The smallest absolute Gasteiger partial charge is 0.229 e. The molecule has 92 valence electrons. The molecule has 0 fully saturated rings. The van der Waals surface area contributed by atoms with Crippen LogP contribution in [0.4, 0.5) is 5.88 Å². The fourth-order valence-electron chi connectivity index (χ4n) is 2.38. The molecule has 4 rings (SSSR count). The number of pyridine rings is 1. The molecule has 0 unspecified atom stereocenters. The zero-order valence-corrected chi connectivity index (χ0v) is 9.92. The molecule has 4 aromatic rings. The first-order valence-corrected chi connectivity index (χ1v) is 5.89. The molecule has 0 aliphatic heterocycles. The van der Waals surface area contributed by atoms with Crippen LogP contribution in [0.5, 0.6) is 0 Å². The molecular weight excluding hydrogens is 240 g/mol. The molecule has 0 aliphatic rings. The lowest BCUT2D eigenvalue weighted by Gasteiger charge is -1.98. The second kappa shape index (κ2) is 3.58. The van der Waals surface area contributed by atoms with Crippen LogP contribution < -0.4 is 5.73 Å². The molecule has 5 heteroatoms. The largest absolute Gasteiger partial charge is 0.367 e. The Balaban J connectivity index is 2.05. The molecule has 0 saturated carbocycles. The lowest BCUT2D eigenvalue weighted by molar-refractivity contribution is 0.436. The average Bonchev–Trinajstić information content (AvgIpc) is 3.01. The van der Waals surface area contributed by atoms with Crippen LogP contribution in [0.1, 0.15) is 0 Å². The molecule has 5 nitrogen and oxygen atoms in total. The Morgan fingerprint density at radius 3 is 2.84 bits per heavy atom. The van der Waals surface area contributed by atoms with E-state index >= 15 is 0 Å². The highest BCUT2D eigenvalue weighted by Crippen LogP contribution is 2.31. The molecule has 3 N–H and O–H groups in total. The van der Waals surface area contributed by atoms with E-state index in [0.29, 0.717) is 5.88 Å². The van der Waals surface area contributed by atoms with Gasteiger partial charge in [-0.05, 0) is 23.8 Å². The topological polar surface area (TPSA) is 80.7 Å². The van der Waals surface area contributed by atoms with Crippen LogP contribution in [0.3, 0.4) is 0 Å². The standard InChI is InChI=1S/C14H10N4O/c15-14-11(6-17-19-14)8-1-2-12-10(5-8)9-3-4-16-7-13(9)18-12/h1-7,18H,15H2. The van der Waals surface area contributed by atoms with Crippen LogP contribution in [0, 0.1) is 0 Å². The van der Waals surface area contributed by atoms with Gasteiger partial charge in [-0.3, -0.25) is 4.98 Å². The number of benzene rings is 1. The van der Waals surface area contributed by atoms with Crippen molar-refractivity contribution in [1.82, 2.24) is 15.1 Å². The van der Waals surface area contributed by atoms with E-state index in [0.717, 1.165) is 32.9 Å². The third kappa shape index (κ3) is 1.41. The Labute approximate surface area is 108 Å². The molecule has 0 spiro atoms. The SMILES string of the molecule is Nc1oncc1-c1ccc2[nH]c3cnccc3c2c1. The van der Waals surface area contributed by atoms with Crippen LogP contribution in [0.2, 0.25) is 0 Å². The van der Waals surface area contributed by atoms with Crippen molar-refractivity contribution in [3.63, 3.8) is 0 Å². The summed E-state index contributed by atoms with van der Waals surface area (Å²) in [6.07, 6.45) is 5.24. The van der Waals surface area contributed by atoms with E-state index in [9.17, 15) is 0 Å². The van der Waals surface area contributed by atoms with Gasteiger partial charge in [0.25, 0.3) is 0 Å². The van der Waals surface area contributed by atoms with Crippen molar-refractivity contribution < 1.29 is 4.52 Å². The minimum absolute atomic E-state index is 0.334. The predicted molar refractivity (Wildman–Crippen MR) is 73.5 cm³/mol. The zero-order valence-electron chi connectivity index (χ0n) is 9.92. The highest BCUT2D eigenvalue weighted by molar-refractivity contribution is 6.08. The summed E-state index contributed by atoms with van der Waals surface area (Å²) in [5.41, 5.74) is 9.65. The van der Waals surface area contributed by atoms with Gasteiger partial charge in [0, 0.05) is 22.5 Å². The van der Waals surface area contributed by atoms with E-state index in [1.54, 1.807) is 12.4 Å². The number of anilines is 1. The summed E-state index contributed by atoms with van der Waals surface area (Å²) in [6, 6.07) is 8.09. The Kier molecular flexibility index (Phi) is 1.91. The van der Waals surface area contributed by atoms with Crippen LogP contribution in [0.25, 0.3) is 32.9 Å². The van der Waals surface area contributed by atoms with Gasteiger partial charge in [-0.2, -0.15) is 0 Å². The number of hydrogen-bond donors (Lipinski definition) is 2. The maximum absolute atomic E-state index is 5.76. The highest BCUT2D eigenvalue weighted by atomic mass is 16.5. The van der Waals surface area contributed by atoms with E-state index in [2.05, 4.69) is 21.2 Å². The number of nitrogen functional groups attached to an aromatic ring is 1. The van der Waals surface area contributed by atoms with Crippen molar-refractivity contribution in [3.05, 3.63) is 42.9 Å². The van der Waals surface area contributed by atoms with Gasteiger partial charge in [0.2, 0.25) is 5.88 Å². The first-order valence-electron chi connectivity index (χ1n) is 5.89. The number of rotatable bonds is 1. The number of aromatic nitrogens is 3. The van der Waals surface area contributed by atoms with E-state index in [1.165, 1.54) is 0 Å². The van der Waals surface area contributed by atoms with Crippen LogP contribution >= 0.6 is 0 Å². The highest BCUT2D eigenvalue weighted by Gasteiger charge is 2.10. The van der Waals surface area contributed by atoms with E-state index in [-0.39, 0.29) is 0 Å². The molecule has 19 heavy (non-hydrogen) atoms. The van der Waals surface area contributed by atoms with Crippen molar-refractivity contribution in [2.45, 2.75) is 0 Å². The molecule has 1 aromatic carbocycles. The van der Waals surface area contributed by atoms with Crippen molar-refractivity contribution in [1.29, 1.82) is 0 Å². The molecule has 0 aliphatic carbocycles. The van der Waals surface area contributed by atoms with Gasteiger partial charge in [-0.25, -0.2) is 0 Å². The number of fused-ring (bicyclic) bond motifs is 3. The molecule has 0 amide bonds. The first-order chi connectivity index (χ1) is 9.33. The van der Waals surface area contributed by atoms with E-state index in [1.807, 2.05) is 24.4 Å². The molecule has 0 bridgehead atoms. The summed E-state index contributed by atoms with van der Waals surface area (Å²) >= 11 is 0. The van der Waals surface area contributed by atoms with Crippen molar-refractivity contribution in [2.24, 2.45) is 0 Å². The normalized spacial score (nSPS) is 11.4. The van der Waals surface area contributed by atoms with Crippen molar-refractivity contribution >= 4 is 27.7 Å². The Hall–Kier alpha value is -2.82. The van der Waals surface area contributed by atoms with Crippen LogP contribution in [-0.4, -0.2) is 15.1 Å².